The standard InChI is InChI=1S/C25H21BrFNO2/c1-3-29-24-14-18(12-21(15-28)19-10-8-17(2)9-11-19)13-22(26)25(24)30-16-20-6-4-5-7-23(20)27/h4-14H,3,16H2,1-2H3/b21-12-. The largest absolute Gasteiger partial charge is 0.490 e. The van der Waals surface area contributed by atoms with Crippen LogP contribution in [0.1, 0.15) is 29.2 Å². The van der Waals surface area contributed by atoms with Crippen molar-refractivity contribution in [1.29, 1.82) is 5.26 Å². The van der Waals surface area contributed by atoms with Gasteiger partial charge in [-0.1, -0.05) is 48.0 Å². The molecule has 0 aromatic heterocycles. The fraction of sp³-hybridized carbons (Fsp3) is 0.160. The summed E-state index contributed by atoms with van der Waals surface area (Å²) in [6.45, 7) is 4.40. The Morgan fingerprint density at radius 3 is 2.50 bits per heavy atom. The summed E-state index contributed by atoms with van der Waals surface area (Å²) in [6.07, 6.45) is 1.80. The third kappa shape index (κ3) is 5.28. The molecule has 0 heterocycles. The van der Waals surface area contributed by atoms with Crippen molar-refractivity contribution < 1.29 is 13.9 Å². The van der Waals surface area contributed by atoms with E-state index in [9.17, 15) is 9.65 Å². The highest BCUT2D eigenvalue weighted by Crippen LogP contribution is 2.38. The first-order chi connectivity index (χ1) is 14.5. The summed E-state index contributed by atoms with van der Waals surface area (Å²) < 4.78 is 26.2. The molecule has 0 radical (unpaired) electrons. The second-order valence-corrected chi connectivity index (χ2v) is 7.53. The highest BCUT2D eigenvalue weighted by molar-refractivity contribution is 9.10. The molecule has 3 aromatic rings. The highest BCUT2D eigenvalue weighted by atomic mass is 79.9. The lowest BCUT2D eigenvalue weighted by molar-refractivity contribution is 0.264. The average Bonchev–Trinajstić information content (AvgIpc) is 2.73. The van der Waals surface area contributed by atoms with Gasteiger partial charge >= 0.3 is 0 Å². The van der Waals surface area contributed by atoms with Crippen LogP contribution in [0, 0.1) is 24.1 Å². The quantitative estimate of drug-likeness (QED) is 0.280. The van der Waals surface area contributed by atoms with Crippen LogP contribution in [0.4, 0.5) is 4.39 Å². The SMILES string of the molecule is CCOc1cc(/C=C(/C#N)c2ccc(C)cc2)cc(Br)c1OCc1ccccc1F. The normalized spacial score (nSPS) is 11.1. The molecule has 0 aliphatic rings. The number of nitrogens with zero attached hydrogens (tertiary/aromatic N) is 1. The van der Waals surface area contributed by atoms with Gasteiger partial charge in [0, 0.05) is 5.56 Å². The molecule has 0 spiro atoms. The smallest absolute Gasteiger partial charge is 0.175 e. The molecule has 0 aliphatic carbocycles. The zero-order chi connectivity index (χ0) is 21.5. The van der Waals surface area contributed by atoms with Gasteiger partial charge in [0.1, 0.15) is 12.4 Å². The summed E-state index contributed by atoms with van der Waals surface area (Å²) in [6, 6.07) is 20.2. The fourth-order valence-corrected chi connectivity index (χ4v) is 3.49. The topological polar surface area (TPSA) is 42.2 Å². The van der Waals surface area contributed by atoms with Gasteiger partial charge in [-0.15, -0.1) is 0 Å². The van der Waals surface area contributed by atoms with Crippen LogP contribution < -0.4 is 9.47 Å². The molecule has 3 nitrogen and oxygen atoms in total. The molecule has 0 aliphatic heterocycles. The van der Waals surface area contributed by atoms with E-state index >= 15 is 0 Å². The first-order valence-electron chi connectivity index (χ1n) is 9.53. The van der Waals surface area contributed by atoms with Crippen molar-refractivity contribution in [2.45, 2.75) is 20.5 Å². The van der Waals surface area contributed by atoms with E-state index in [1.54, 1.807) is 24.3 Å². The summed E-state index contributed by atoms with van der Waals surface area (Å²) in [5, 5.41) is 9.62. The summed E-state index contributed by atoms with van der Waals surface area (Å²) in [7, 11) is 0. The lowest BCUT2D eigenvalue weighted by atomic mass is 10.0. The van der Waals surface area contributed by atoms with Crippen LogP contribution in [0.25, 0.3) is 11.6 Å². The number of benzene rings is 3. The second-order valence-electron chi connectivity index (χ2n) is 6.68. The lowest BCUT2D eigenvalue weighted by Gasteiger charge is -2.15. The van der Waals surface area contributed by atoms with Gasteiger partial charge in [-0.2, -0.15) is 5.26 Å². The Balaban J connectivity index is 1.93. The average molecular weight is 466 g/mol. The molecule has 0 N–H and O–H groups in total. The molecule has 0 saturated carbocycles. The second kappa shape index (κ2) is 10.1. The number of ether oxygens (including phenoxy) is 2. The maximum absolute atomic E-state index is 13.9. The number of hydrogen-bond acceptors (Lipinski definition) is 3. The zero-order valence-corrected chi connectivity index (χ0v) is 18.4. The maximum atomic E-state index is 13.9. The summed E-state index contributed by atoms with van der Waals surface area (Å²) in [4.78, 5) is 0. The van der Waals surface area contributed by atoms with Gasteiger partial charge in [0.15, 0.2) is 11.5 Å². The monoisotopic (exact) mass is 465 g/mol. The number of hydrogen-bond donors (Lipinski definition) is 0. The van der Waals surface area contributed by atoms with Crippen LogP contribution in [-0.2, 0) is 6.61 Å². The van der Waals surface area contributed by atoms with Crippen molar-refractivity contribution in [3.8, 4) is 17.6 Å². The Morgan fingerprint density at radius 1 is 1.10 bits per heavy atom. The molecule has 0 amide bonds. The first kappa shape index (κ1) is 21.6. The van der Waals surface area contributed by atoms with Crippen LogP contribution in [-0.4, -0.2) is 6.61 Å². The predicted octanol–water partition coefficient (Wildman–Crippen LogP) is 6.94. The molecule has 0 atom stereocenters. The van der Waals surface area contributed by atoms with E-state index in [0.29, 0.717) is 33.7 Å². The van der Waals surface area contributed by atoms with E-state index in [2.05, 4.69) is 22.0 Å². The third-order valence-electron chi connectivity index (χ3n) is 4.46. The van der Waals surface area contributed by atoms with Crippen LogP contribution in [0.2, 0.25) is 0 Å². The molecule has 3 aromatic carbocycles. The Labute approximate surface area is 184 Å². The fourth-order valence-electron chi connectivity index (χ4n) is 2.92. The third-order valence-corrected chi connectivity index (χ3v) is 5.04. The van der Waals surface area contributed by atoms with E-state index in [1.807, 2.05) is 50.2 Å². The van der Waals surface area contributed by atoms with Gasteiger partial charge in [-0.25, -0.2) is 4.39 Å². The molecule has 0 bridgehead atoms. The van der Waals surface area contributed by atoms with Crippen molar-refractivity contribution >= 4 is 27.6 Å². The van der Waals surface area contributed by atoms with Crippen molar-refractivity contribution in [3.63, 3.8) is 0 Å². The molecule has 0 fully saturated rings. The van der Waals surface area contributed by atoms with Gasteiger partial charge in [0.2, 0.25) is 0 Å². The number of rotatable bonds is 7. The van der Waals surface area contributed by atoms with Crippen LogP contribution in [0.5, 0.6) is 11.5 Å². The summed E-state index contributed by atoms with van der Waals surface area (Å²) in [5.74, 6) is 0.699. The Hall–Kier alpha value is -3.10. The van der Waals surface area contributed by atoms with Crippen molar-refractivity contribution in [1.82, 2.24) is 0 Å². The Bertz CT molecular complexity index is 1100. The molecule has 30 heavy (non-hydrogen) atoms. The number of aryl methyl sites for hydroxylation is 1. The Morgan fingerprint density at radius 2 is 1.83 bits per heavy atom. The van der Waals surface area contributed by atoms with E-state index in [4.69, 9.17) is 9.47 Å². The summed E-state index contributed by atoms with van der Waals surface area (Å²) >= 11 is 3.53. The minimum atomic E-state index is -0.317. The van der Waals surface area contributed by atoms with E-state index < -0.39 is 0 Å². The van der Waals surface area contributed by atoms with Gasteiger partial charge < -0.3 is 9.47 Å². The van der Waals surface area contributed by atoms with Gasteiger partial charge in [0.05, 0.1) is 22.7 Å². The molecular weight excluding hydrogens is 445 g/mol. The minimum Gasteiger partial charge on any atom is -0.490 e. The predicted molar refractivity (Wildman–Crippen MR) is 121 cm³/mol. The van der Waals surface area contributed by atoms with Crippen LogP contribution in [0.3, 0.4) is 0 Å². The van der Waals surface area contributed by atoms with Crippen LogP contribution >= 0.6 is 15.9 Å². The molecular formula is C25H21BrFNO2. The number of nitriles is 1. The van der Waals surface area contributed by atoms with Gasteiger partial charge in [0.25, 0.3) is 0 Å². The molecule has 3 rings (SSSR count). The minimum absolute atomic E-state index is 0.0767. The Kier molecular flexibility index (Phi) is 7.26. The molecule has 152 valence electrons. The van der Waals surface area contributed by atoms with Gasteiger partial charge in [-0.05, 0) is 65.2 Å². The number of allylic oxidation sites excluding steroid dienone is 1. The molecule has 5 heteroatoms. The molecule has 0 saturated heterocycles. The number of halogens is 2. The maximum Gasteiger partial charge on any atom is 0.175 e. The zero-order valence-electron chi connectivity index (χ0n) is 16.8. The van der Waals surface area contributed by atoms with E-state index in [0.717, 1.165) is 16.7 Å². The lowest BCUT2D eigenvalue weighted by Crippen LogP contribution is -2.02. The van der Waals surface area contributed by atoms with Crippen molar-refractivity contribution in [3.05, 3.63) is 93.2 Å². The van der Waals surface area contributed by atoms with Crippen molar-refractivity contribution in [2.75, 3.05) is 6.61 Å². The van der Waals surface area contributed by atoms with Gasteiger partial charge in [-0.3, -0.25) is 0 Å². The van der Waals surface area contributed by atoms with E-state index in [1.165, 1.54) is 6.07 Å². The first-order valence-corrected chi connectivity index (χ1v) is 10.3. The van der Waals surface area contributed by atoms with E-state index in [-0.39, 0.29) is 12.4 Å². The van der Waals surface area contributed by atoms with Crippen LogP contribution in [0.15, 0.2) is 65.1 Å². The highest BCUT2D eigenvalue weighted by Gasteiger charge is 2.14. The molecule has 0 unspecified atom stereocenters. The summed E-state index contributed by atoms with van der Waals surface area (Å²) in [5.41, 5.74) is 3.78. The van der Waals surface area contributed by atoms with Crippen molar-refractivity contribution in [2.24, 2.45) is 0 Å².